The lowest BCUT2D eigenvalue weighted by molar-refractivity contribution is 0.319. The fourth-order valence-electron chi connectivity index (χ4n) is 3.58. The van der Waals surface area contributed by atoms with Crippen molar-refractivity contribution < 1.29 is 16.8 Å². The molecule has 0 radical (unpaired) electrons. The molecular weight excluding hydrogens is 396 g/mol. The van der Waals surface area contributed by atoms with Crippen LogP contribution in [0, 0.1) is 5.92 Å². The molecule has 2 unspecified atom stereocenters. The second kappa shape index (κ2) is 7.85. The molecule has 0 spiro atoms. The Balaban J connectivity index is 1.81. The Morgan fingerprint density at radius 3 is 2.25 bits per heavy atom. The minimum Gasteiger partial charge on any atom is -0.380 e. The first-order valence-electron chi connectivity index (χ1n) is 9.11. The third kappa shape index (κ3) is 4.92. The second-order valence-electron chi connectivity index (χ2n) is 7.61. The van der Waals surface area contributed by atoms with Crippen LogP contribution in [-0.4, -0.2) is 53.4 Å². The van der Waals surface area contributed by atoms with Crippen LogP contribution in [0.1, 0.15) is 12.5 Å². The Morgan fingerprint density at radius 2 is 1.64 bits per heavy atom. The number of anilines is 1. The average Bonchev–Trinajstić information content (AvgIpc) is 2.93. The molecule has 8 heteroatoms. The molecule has 2 aromatic rings. The van der Waals surface area contributed by atoms with Crippen molar-refractivity contribution in [3.8, 4) is 0 Å². The van der Waals surface area contributed by atoms with Crippen molar-refractivity contribution in [2.45, 2.75) is 29.3 Å². The van der Waals surface area contributed by atoms with Gasteiger partial charge >= 0.3 is 0 Å². The zero-order valence-electron chi connectivity index (χ0n) is 16.3. The highest BCUT2D eigenvalue weighted by molar-refractivity contribution is 7.91. The Labute approximate surface area is 167 Å². The van der Waals surface area contributed by atoms with E-state index in [1.165, 1.54) is 17.7 Å². The summed E-state index contributed by atoms with van der Waals surface area (Å²) in [6, 6.07) is 14.6. The highest BCUT2D eigenvalue weighted by Crippen LogP contribution is 2.29. The second-order valence-corrected chi connectivity index (χ2v) is 11.6. The molecule has 0 aromatic heterocycles. The first kappa shape index (κ1) is 20.8. The number of sulfone groups is 2. The number of nitrogens with zero attached hydrogens (tertiary/aromatic N) is 1. The highest BCUT2D eigenvalue weighted by Gasteiger charge is 2.30. The van der Waals surface area contributed by atoms with Crippen LogP contribution >= 0.6 is 0 Å². The maximum Gasteiger partial charge on any atom is 0.177 e. The van der Waals surface area contributed by atoms with Gasteiger partial charge in [-0.05, 0) is 29.7 Å². The molecule has 0 aliphatic carbocycles. The lowest BCUT2D eigenvalue weighted by atomic mass is 10.1. The van der Waals surface area contributed by atoms with Gasteiger partial charge in [-0.3, -0.25) is 4.90 Å². The zero-order chi connectivity index (χ0) is 20.5. The molecule has 1 aliphatic rings. The molecule has 2 atom stereocenters. The summed E-state index contributed by atoms with van der Waals surface area (Å²) in [5, 5.41) is 3.34. The predicted octanol–water partition coefficient (Wildman–Crippen LogP) is 2.43. The van der Waals surface area contributed by atoms with Crippen LogP contribution in [0.2, 0.25) is 0 Å². The molecule has 1 N–H and O–H groups in total. The van der Waals surface area contributed by atoms with E-state index in [1.807, 2.05) is 18.2 Å². The van der Waals surface area contributed by atoms with Gasteiger partial charge in [-0.1, -0.05) is 37.3 Å². The maximum absolute atomic E-state index is 12.2. The van der Waals surface area contributed by atoms with Gasteiger partial charge in [-0.2, -0.15) is 0 Å². The van der Waals surface area contributed by atoms with Crippen LogP contribution in [0.25, 0.3) is 0 Å². The van der Waals surface area contributed by atoms with E-state index in [4.69, 9.17) is 0 Å². The van der Waals surface area contributed by atoms with Gasteiger partial charge in [0.05, 0.1) is 15.5 Å². The van der Waals surface area contributed by atoms with E-state index in [1.54, 1.807) is 6.07 Å². The van der Waals surface area contributed by atoms with Crippen LogP contribution in [0.15, 0.2) is 58.3 Å². The molecule has 1 heterocycles. The van der Waals surface area contributed by atoms with Gasteiger partial charge in [0.2, 0.25) is 0 Å². The smallest absolute Gasteiger partial charge is 0.177 e. The minimum atomic E-state index is -3.58. The quantitative estimate of drug-likeness (QED) is 0.770. The molecule has 3 rings (SSSR count). The normalized spacial score (nSPS) is 21.0. The largest absolute Gasteiger partial charge is 0.380 e. The zero-order valence-corrected chi connectivity index (χ0v) is 17.9. The Morgan fingerprint density at radius 1 is 0.964 bits per heavy atom. The van der Waals surface area contributed by atoms with Crippen molar-refractivity contribution in [3.63, 3.8) is 0 Å². The van der Waals surface area contributed by atoms with E-state index < -0.39 is 19.7 Å². The first-order chi connectivity index (χ1) is 13.0. The fourth-order valence-corrected chi connectivity index (χ4v) is 5.17. The van der Waals surface area contributed by atoms with Crippen LogP contribution < -0.4 is 5.32 Å². The van der Waals surface area contributed by atoms with Crippen molar-refractivity contribution >= 4 is 25.4 Å². The molecule has 0 bridgehead atoms. The predicted molar refractivity (Wildman–Crippen MR) is 111 cm³/mol. The maximum atomic E-state index is 12.2. The number of likely N-dealkylation sites (tertiary alicyclic amines) is 1. The molecule has 28 heavy (non-hydrogen) atoms. The van der Waals surface area contributed by atoms with E-state index in [-0.39, 0.29) is 15.8 Å². The van der Waals surface area contributed by atoms with E-state index >= 15 is 0 Å². The average molecular weight is 423 g/mol. The third-order valence-corrected chi connectivity index (χ3v) is 7.31. The summed E-state index contributed by atoms with van der Waals surface area (Å²) >= 11 is 0. The van der Waals surface area contributed by atoms with Crippen molar-refractivity contribution in [2.75, 3.05) is 30.9 Å². The van der Waals surface area contributed by atoms with Gasteiger partial charge in [-0.15, -0.1) is 0 Å². The van der Waals surface area contributed by atoms with E-state index in [0.29, 0.717) is 11.6 Å². The lowest BCUT2D eigenvalue weighted by Crippen LogP contribution is -2.28. The summed E-state index contributed by atoms with van der Waals surface area (Å²) in [7, 11) is -7.06. The molecule has 1 aliphatic heterocycles. The Bertz CT molecular complexity index is 1050. The molecule has 0 saturated carbocycles. The number of hydrogen-bond acceptors (Lipinski definition) is 6. The van der Waals surface area contributed by atoms with Crippen molar-refractivity contribution in [1.29, 1.82) is 0 Å². The molecular formula is C20H26N2O4S2. The van der Waals surface area contributed by atoms with Gasteiger partial charge in [0.15, 0.2) is 19.7 Å². The van der Waals surface area contributed by atoms with Crippen LogP contribution in [0.3, 0.4) is 0 Å². The summed E-state index contributed by atoms with van der Waals surface area (Å²) in [5.74, 6) is 0.325. The van der Waals surface area contributed by atoms with Gasteiger partial charge in [-0.25, -0.2) is 16.8 Å². The van der Waals surface area contributed by atoms with Gasteiger partial charge in [0, 0.05) is 38.2 Å². The van der Waals surface area contributed by atoms with Gasteiger partial charge < -0.3 is 5.32 Å². The van der Waals surface area contributed by atoms with Crippen molar-refractivity contribution in [1.82, 2.24) is 4.90 Å². The third-order valence-electron chi connectivity index (χ3n) is 5.06. The summed E-state index contributed by atoms with van der Waals surface area (Å²) in [4.78, 5) is 2.36. The minimum absolute atomic E-state index is 0.00338. The van der Waals surface area contributed by atoms with E-state index in [2.05, 4.69) is 29.3 Å². The number of hydrogen-bond donors (Lipinski definition) is 1. The van der Waals surface area contributed by atoms with Crippen LogP contribution in [0.4, 0.5) is 5.69 Å². The standard InChI is InChI=1S/C20H26N2O4S2/c1-15-12-22(13-16-7-5-4-6-8-16)14-19(15)21-18-10-9-17(27(2,23)24)11-20(18)28(3,25)26/h4-11,15,19,21H,12-14H2,1-3H3. The first-order valence-corrected chi connectivity index (χ1v) is 12.9. The number of benzene rings is 2. The molecule has 0 amide bonds. The monoisotopic (exact) mass is 422 g/mol. The van der Waals surface area contributed by atoms with E-state index in [0.717, 1.165) is 32.1 Å². The number of rotatable bonds is 6. The van der Waals surface area contributed by atoms with Crippen LogP contribution in [-0.2, 0) is 26.2 Å². The topological polar surface area (TPSA) is 83.6 Å². The molecule has 2 aromatic carbocycles. The fraction of sp³-hybridized carbons (Fsp3) is 0.400. The Kier molecular flexibility index (Phi) is 5.84. The van der Waals surface area contributed by atoms with E-state index in [9.17, 15) is 16.8 Å². The van der Waals surface area contributed by atoms with Gasteiger partial charge in [0.25, 0.3) is 0 Å². The number of nitrogens with one attached hydrogen (secondary N) is 1. The van der Waals surface area contributed by atoms with Crippen LogP contribution in [0.5, 0.6) is 0 Å². The highest BCUT2D eigenvalue weighted by atomic mass is 32.2. The SMILES string of the molecule is CC1CN(Cc2ccccc2)CC1Nc1ccc(S(C)(=O)=O)cc1S(C)(=O)=O. The molecule has 152 valence electrons. The molecule has 6 nitrogen and oxygen atoms in total. The van der Waals surface area contributed by atoms with Gasteiger partial charge in [0.1, 0.15) is 0 Å². The van der Waals surface area contributed by atoms with Crippen molar-refractivity contribution in [3.05, 3.63) is 54.1 Å². The summed E-state index contributed by atoms with van der Waals surface area (Å²) in [5.41, 5.74) is 1.69. The van der Waals surface area contributed by atoms with Crippen molar-refractivity contribution in [2.24, 2.45) is 5.92 Å². The summed E-state index contributed by atoms with van der Waals surface area (Å²) in [6.45, 7) is 4.66. The summed E-state index contributed by atoms with van der Waals surface area (Å²) < 4.78 is 48.1. The Hall–Kier alpha value is -1.90. The molecule has 1 fully saturated rings. The summed E-state index contributed by atoms with van der Waals surface area (Å²) in [6.07, 6.45) is 2.17. The lowest BCUT2D eigenvalue weighted by Gasteiger charge is -2.21. The molecule has 1 saturated heterocycles.